The van der Waals surface area contributed by atoms with Gasteiger partial charge in [0.1, 0.15) is 0 Å². The van der Waals surface area contributed by atoms with Crippen molar-refractivity contribution in [1.29, 1.82) is 5.26 Å². The highest BCUT2D eigenvalue weighted by atomic mass is 16.5. The Balaban J connectivity index is 1.46. The van der Waals surface area contributed by atoms with Crippen molar-refractivity contribution >= 4 is 17.5 Å². The molecule has 1 fully saturated rings. The van der Waals surface area contributed by atoms with Gasteiger partial charge >= 0.3 is 6.03 Å². The van der Waals surface area contributed by atoms with Gasteiger partial charge < -0.3 is 19.9 Å². The lowest BCUT2D eigenvalue weighted by Gasteiger charge is -2.33. The molecule has 0 saturated carbocycles. The van der Waals surface area contributed by atoms with Crippen LogP contribution in [0.3, 0.4) is 0 Å². The molecule has 1 N–H and O–H groups in total. The molecule has 10 nitrogen and oxygen atoms in total. The quantitative estimate of drug-likeness (QED) is 0.573. The van der Waals surface area contributed by atoms with Crippen molar-refractivity contribution in [3.8, 4) is 17.2 Å². The number of benzene rings is 1. The largest absolute Gasteiger partial charge is 0.381 e. The summed E-state index contributed by atoms with van der Waals surface area (Å²) in [5.74, 6) is 0.912. The van der Waals surface area contributed by atoms with Crippen molar-refractivity contribution in [3.63, 3.8) is 0 Å². The lowest BCUT2D eigenvalue weighted by Crippen LogP contribution is -2.42. The maximum absolute atomic E-state index is 12.6. The van der Waals surface area contributed by atoms with Crippen molar-refractivity contribution in [2.75, 3.05) is 38.3 Å². The van der Waals surface area contributed by atoms with Gasteiger partial charge in [0, 0.05) is 80.6 Å². The van der Waals surface area contributed by atoms with Gasteiger partial charge in [-0.1, -0.05) is 0 Å². The number of rotatable bonds is 3. The fourth-order valence-electron chi connectivity index (χ4n) is 6.14. The minimum atomic E-state index is -0.0669. The highest BCUT2D eigenvalue weighted by molar-refractivity contribution is 5.80. The SMILES string of the molecule is CNC(=O)N1CCc2c(c(N3CCCc4cc(-c5cnn(C)c5C)c(C#N)cc43)nn2C2CCOCC2)C1. The molecule has 6 rings (SSSR count). The summed E-state index contributed by atoms with van der Waals surface area (Å²) in [5, 5.41) is 22.6. The van der Waals surface area contributed by atoms with Gasteiger partial charge in [0.25, 0.3) is 0 Å². The van der Waals surface area contributed by atoms with Crippen LogP contribution in [0.5, 0.6) is 0 Å². The fraction of sp³-hybridized carbons (Fsp3) is 0.500. The second kappa shape index (κ2) is 9.80. The molecule has 3 aliphatic rings. The van der Waals surface area contributed by atoms with E-state index in [1.807, 2.05) is 35.8 Å². The van der Waals surface area contributed by atoms with Crippen LogP contribution in [0.2, 0.25) is 0 Å². The van der Waals surface area contributed by atoms with Crippen LogP contribution in [0.1, 0.15) is 53.4 Å². The van der Waals surface area contributed by atoms with Gasteiger partial charge in [-0.05, 0) is 50.3 Å². The number of aromatic nitrogens is 4. The molecule has 0 aliphatic carbocycles. The topological polar surface area (TPSA) is 104 Å². The predicted octanol–water partition coefficient (Wildman–Crippen LogP) is 3.60. The zero-order valence-electron chi connectivity index (χ0n) is 22.3. The van der Waals surface area contributed by atoms with Gasteiger partial charge in [0.2, 0.25) is 0 Å². The van der Waals surface area contributed by atoms with Crippen LogP contribution in [-0.4, -0.2) is 63.8 Å². The van der Waals surface area contributed by atoms with Crippen LogP contribution in [0.25, 0.3) is 11.1 Å². The smallest absolute Gasteiger partial charge is 0.317 e. The summed E-state index contributed by atoms with van der Waals surface area (Å²) in [4.78, 5) is 16.7. The molecule has 2 amide bonds. The van der Waals surface area contributed by atoms with E-state index in [9.17, 15) is 10.1 Å². The normalized spacial score (nSPS) is 17.6. The summed E-state index contributed by atoms with van der Waals surface area (Å²) in [7, 11) is 3.60. The van der Waals surface area contributed by atoms with Gasteiger partial charge in [-0.3, -0.25) is 9.36 Å². The van der Waals surface area contributed by atoms with Crippen molar-refractivity contribution in [2.24, 2.45) is 7.05 Å². The Hall–Kier alpha value is -3.84. The summed E-state index contributed by atoms with van der Waals surface area (Å²) >= 11 is 0. The molecule has 0 spiro atoms. The second-order valence-corrected chi connectivity index (χ2v) is 10.4. The van der Waals surface area contributed by atoms with Crippen LogP contribution in [0.4, 0.5) is 16.3 Å². The number of nitrogens with zero attached hydrogens (tertiary/aromatic N) is 7. The van der Waals surface area contributed by atoms with E-state index in [0.717, 1.165) is 85.8 Å². The molecule has 2 aromatic heterocycles. The van der Waals surface area contributed by atoms with E-state index >= 15 is 0 Å². The molecular formula is C28H34N8O2. The summed E-state index contributed by atoms with van der Waals surface area (Å²) in [5.41, 5.74) is 8.18. The Morgan fingerprint density at radius 1 is 1.18 bits per heavy atom. The van der Waals surface area contributed by atoms with Crippen molar-refractivity contribution in [1.82, 2.24) is 29.8 Å². The van der Waals surface area contributed by atoms with Crippen LogP contribution in [0, 0.1) is 18.3 Å². The van der Waals surface area contributed by atoms with E-state index in [2.05, 4.69) is 32.1 Å². The van der Waals surface area contributed by atoms with Gasteiger partial charge in [0.05, 0.1) is 30.4 Å². The molecule has 1 aromatic carbocycles. The third kappa shape index (κ3) is 4.02. The number of carbonyl (C=O) groups is 1. The number of fused-ring (bicyclic) bond motifs is 2. The Kier molecular flexibility index (Phi) is 6.32. The third-order valence-corrected chi connectivity index (χ3v) is 8.34. The number of nitrogens with one attached hydrogen (secondary N) is 1. The number of carbonyl (C=O) groups excluding carboxylic acids is 1. The molecule has 0 bridgehead atoms. The number of nitriles is 1. The van der Waals surface area contributed by atoms with Crippen molar-refractivity contribution in [2.45, 2.75) is 51.6 Å². The molecule has 0 radical (unpaired) electrons. The summed E-state index contributed by atoms with van der Waals surface area (Å²) in [6.07, 6.45) is 6.43. The van der Waals surface area contributed by atoms with Gasteiger partial charge in [-0.15, -0.1) is 0 Å². The highest BCUT2D eigenvalue weighted by Crippen LogP contribution is 2.42. The molecule has 0 atom stereocenters. The molecular weight excluding hydrogens is 480 g/mol. The van der Waals surface area contributed by atoms with E-state index in [-0.39, 0.29) is 6.03 Å². The van der Waals surface area contributed by atoms with E-state index in [0.29, 0.717) is 24.7 Å². The standard InChI is InChI=1S/C28H34N8O2/c1-18-23(16-31-33(18)3)22-13-19-5-4-9-35(26(19)14-20(22)15-29)27-24-17-34(28(37)30-2)10-6-25(24)36(32-27)21-7-11-38-12-8-21/h13-14,16,21H,4-12,17H2,1-3H3,(H,30,37). The van der Waals surface area contributed by atoms with E-state index in [4.69, 9.17) is 9.84 Å². The van der Waals surface area contributed by atoms with Crippen LogP contribution >= 0.6 is 0 Å². The first-order valence-electron chi connectivity index (χ1n) is 13.5. The van der Waals surface area contributed by atoms with Crippen LogP contribution < -0.4 is 10.2 Å². The number of anilines is 2. The maximum Gasteiger partial charge on any atom is 0.317 e. The summed E-state index contributed by atoms with van der Waals surface area (Å²) in [6, 6.07) is 6.86. The van der Waals surface area contributed by atoms with Crippen LogP contribution in [-0.2, 0) is 31.2 Å². The molecule has 38 heavy (non-hydrogen) atoms. The number of aryl methyl sites for hydroxylation is 2. The number of ether oxygens (including phenoxy) is 1. The minimum Gasteiger partial charge on any atom is -0.381 e. The average molecular weight is 515 g/mol. The Bertz CT molecular complexity index is 1430. The molecule has 198 valence electrons. The fourth-order valence-corrected chi connectivity index (χ4v) is 6.14. The van der Waals surface area contributed by atoms with Crippen LogP contribution in [0.15, 0.2) is 18.3 Å². The zero-order valence-corrected chi connectivity index (χ0v) is 22.3. The van der Waals surface area contributed by atoms with E-state index < -0.39 is 0 Å². The number of hydrogen-bond donors (Lipinski definition) is 1. The first-order valence-corrected chi connectivity index (χ1v) is 13.5. The number of hydrogen-bond acceptors (Lipinski definition) is 6. The number of urea groups is 1. The minimum absolute atomic E-state index is 0.0669. The predicted molar refractivity (Wildman–Crippen MR) is 143 cm³/mol. The lowest BCUT2D eigenvalue weighted by atomic mass is 9.92. The van der Waals surface area contributed by atoms with E-state index in [1.54, 1.807) is 7.05 Å². The molecule has 1 saturated heterocycles. The first kappa shape index (κ1) is 24.5. The lowest BCUT2D eigenvalue weighted by molar-refractivity contribution is 0.0651. The van der Waals surface area contributed by atoms with Crippen molar-refractivity contribution < 1.29 is 9.53 Å². The summed E-state index contributed by atoms with van der Waals surface area (Å²) in [6.45, 7) is 5.53. The maximum atomic E-state index is 12.6. The van der Waals surface area contributed by atoms with Gasteiger partial charge in [0.15, 0.2) is 5.82 Å². The zero-order chi connectivity index (χ0) is 26.4. The van der Waals surface area contributed by atoms with Gasteiger partial charge in [-0.2, -0.15) is 15.5 Å². The molecule has 3 aliphatic heterocycles. The number of amides is 2. The Morgan fingerprint density at radius 2 is 2.00 bits per heavy atom. The average Bonchev–Trinajstić information content (AvgIpc) is 3.51. The monoisotopic (exact) mass is 514 g/mol. The Morgan fingerprint density at radius 3 is 2.71 bits per heavy atom. The molecule has 3 aromatic rings. The molecule has 0 unspecified atom stereocenters. The Labute approximate surface area is 222 Å². The third-order valence-electron chi connectivity index (χ3n) is 8.34. The molecule has 5 heterocycles. The summed E-state index contributed by atoms with van der Waals surface area (Å²) < 4.78 is 9.70. The van der Waals surface area contributed by atoms with E-state index in [1.165, 1.54) is 11.3 Å². The molecule has 10 heteroatoms. The first-order chi connectivity index (χ1) is 18.5. The highest BCUT2D eigenvalue weighted by Gasteiger charge is 2.34. The van der Waals surface area contributed by atoms with Gasteiger partial charge in [-0.25, -0.2) is 4.79 Å². The second-order valence-electron chi connectivity index (χ2n) is 10.4. The van der Waals surface area contributed by atoms with Crippen molar-refractivity contribution in [3.05, 3.63) is 46.4 Å².